The predicted octanol–water partition coefficient (Wildman–Crippen LogP) is 3.35. The normalized spacial score (nSPS) is 19.0. The quantitative estimate of drug-likeness (QED) is 0.383. The summed E-state index contributed by atoms with van der Waals surface area (Å²) in [4.78, 5) is 49.3. The van der Waals surface area contributed by atoms with Crippen LogP contribution in [0.25, 0.3) is 11.3 Å². The number of amides is 2. The molecule has 2 heterocycles. The van der Waals surface area contributed by atoms with Gasteiger partial charge in [0.15, 0.2) is 0 Å². The zero-order chi connectivity index (χ0) is 26.5. The standard InChI is InChI=1S/C25H34N3O7P/c1-16(2)12-22(26-17(3)29)24(30)28-11-7-10-23(28)36(33,34)15-19(25(31)32)13-20-14-21(27-35-20)18-8-5-4-6-9-18/h4-6,8-9,14,16,19,22-23H,7,10-13,15H2,1-3H3,(H,26,29)(H,31,32)(H,33,34)/t19-,22+,23+/m1/s1. The zero-order valence-electron chi connectivity index (χ0n) is 20.8. The summed E-state index contributed by atoms with van der Waals surface area (Å²) >= 11 is 0. The van der Waals surface area contributed by atoms with Crippen molar-refractivity contribution < 1.29 is 33.5 Å². The van der Waals surface area contributed by atoms with Crippen molar-refractivity contribution in [3.8, 4) is 11.3 Å². The van der Waals surface area contributed by atoms with Gasteiger partial charge in [-0.05, 0) is 25.2 Å². The molecule has 10 nitrogen and oxygen atoms in total. The first-order valence-corrected chi connectivity index (χ1v) is 14.0. The lowest BCUT2D eigenvalue weighted by atomic mass is 10.0. The Morgan fingerprint density at radius 3 is 2.56 bits per heavy atom. The first-order valence-electron chi connectivity index (χ1n) is 12.1. The van der Waals surface area contributed by atoms with Crippen LogP contribution in [0.1, 0.15) is 45.8 Å². The molecule has 1 saturated heterocycles. The molecule has 0 spiro atoms. The van der Waals surface area contributed by atoms with Crippen LogP contribution in [0.15, 0.2) is 40.9 Å². The smallest absolute Gasteiger partial charge is 0.307 e. The topological polar surface area (TPSA) is 150 Å². The Labute approximate surface area is 210 Å². The molecule has 196 valence electrons. The first kappa shape index (κ1) is 27.6. The molecule has 2 aromatic rings. The highest BCUT2D eigenvalue weighted by molar-refractivity contribution is 7.58. The number of nitrogens with zero attached hydrogens (tertiary/aromatic N) is 2. The number of hydrogen-bond acceptors (Lipinski definition) is 6. The lowest BCUT2D eigenvalue weighted by Crippen LogP contribution is -2.50. The van der Waals surface area contributed by atoms with Gasteiger partial charge in [0.2, 0.25) is 19.2 Å². The summed E-state index contributed by atoms with van der Waals surface area (Å²) in [6, 6.07) is 10.1. The number of rotatable bonds is 11. The van der Waals surface area contributed by atoms with Crippen molar-refractivity contribution in [1.82, 2.24) is 15.4 Å². The molecule has 1 fully saturated rings. The molecule has 3 rings (SSSR count). The lowest BCUT2D eigenvalue weighted by molar-refractivity contribution is -0.141. The van der Waals surface area contributed by atoms with Gasteiger partial charge in [-0.1, -0.05) is 49.3 Å². The summed E-state index contributed by atoms with van der Waals surface area (Å²) in [6.45, 7) is 5.45. The van der Waals surface area contributed by atoms with Crippen LogP contribution in [-0.2, 0) is 25.4 Å². The number of likely N-dealkylation sites (tertiary alicyclic amines) is 1. The monoisotopic (exact) mass is 519 g/mol. The Morgan fingerprint density at radius 2 is 1.94 bits per heavy atom. The van der Waals surface area contributed by atoms with E-state index in [2.05, 4.69) is 10.5 Å². The second kappa shape index (κ2) is 11.8. The van der Waals surface area contributed by atoms with Crippen molar-refractivity contribution >= 4 is 25.2 Å². The van der Waals surface area contributed by atoms with Crippen LogP contribution in [-0.4, -0.2) is 62.4 Å². The summed E-state index contributed by atoms with van der Waals surface area (Å²) in [7, 11) is -4.11. The molecule has 0 radical (unpaired) electrons. The minimum atomic E-state index is -4.11. The van der Waals surface area contributed by atoms with Crippen molar-refractivity contribution in [3.63, 3.8) is 0 Å². The summed E-state index contributed by atoms with van der Waals surface area (Å²) in [5, 5.41) is 16.4. The highest BCUT2D eigenvalue weighted by Gasteiger charge is 2.45. The van der Waals surface area contributed by atoms with E-state index in [4.69, 9.17) is 4.52 Å². The molecule has 0 bridgehead atoms. The molecule has 1 aliphatic heterocycles. The Morgan fingerprint density at radius 1 is 1.25 bits per heavy atom. The zero-order valence-corrected chi connectivity index (χ0v) is 21.7. The van der Waals surface area contributed by atoms with Crippen molar-refractivity contribution in [1.29, 1.82) is 0 Å². The van der Waals surface area contributed by atoms with E-state index in [-0.39, 0.29) is 24.8 Å². The van der Waals surface area contributed by atoms with Gasteiger partial charge in [0.25, 0.3) is 0 Å². The number of aromatic nitrogens is 1. The molecule has 1 unspecified atom stereocenters. The average molecular weight is 520 g/mol. The molecule has 36 heavy (non-hydrogen) atoms. The summed E-state index contributed by atoms with van der Waals surface area (Å²) in [6.07, 6.45) is 0.593. The number of nitrogens with one attached hydrogen (secondary N) is 1. The van der Waals surface area contributed by atoms with Gasteiger partial charge in [-0.3, -0.25) is 18.9 Å². The van der Waals surface area contributed by atoms with E-state index in [1.54, 1.807) is 6.07 Å². The van der Waals surface area contributed by atoms with Gasteiger partial charge in [0.05, 0.1) is 5.92 Å². The van der Waals surface area contributed by atoms with Crippen LogP contribution in [0.5, 0.6) is 0 Å². The maximum Gasteiger partial charge on any atom is 0.307 e. The number of carboxylic acids is 1. The largest absolute Gasteiger partial charge is 0.481 e. The van der Waals surface area contributed by atoms with Gasteiger partial charge >= 0.3 is 5.97 Å². The molecule has 0 saturated carbocycles. The van der Waals surface area contributed by atoms with E-state index in [1.807, 2.05) is 44.2 Å². The second-order valence-corrected chi connectivity index (χ2v) is 12.2. The van der Waals surface area contributed by atoms with Gasteiger partial charge < -0.3 is 24.7 Å². The van der Waals surface area contributed by atoms with Crippen LogP contribution in [0.4, 0.5) is 0 Å². The van der Waals surface area contributed by atoms with Crippen LogP contribution in [0.2, 0.25) is 0 Å². The summed E-state index contributed by atoms with van der Waals surface area (Å²) in [5.41, 5.74) is 1.35. The fourth-order valence-corrected chi connectivity index (χ4v) is 7.04. The fourth-order valence-electron chi connectivity index (χ4n) is 4.63. The maximum absolute atomic E-state index is 13.5. The third-order valence-corrected chi connectivity index (χ3v) is 8.69. The Hall–Kier alpha value is -2.97. The third-order valence-electron chi connectivity index (χ3n) is 6.26. The van der Waals surface area contributed by atoms with Crippen molar-refractivity contribution in [2.24, 2.45) is 11.8 Å². The number of carboxylic acid groups (broad SMARTS) is 1. The molecular weight excluding hydrogens is 485 g/mol. The predicted molar refractivity (Wildman–Crippen MR) is 133 cm³/mol. The number of carbonyl (C=O) groups is 3. The number of hydrogen-bond donors (Lipinski definition) is 3. The molecule has 1 aliphatic rings. The fraction of sp³-hybridized carbons (Fsp3) is 0.520. The van der Waals surface area contributed by atoms with Crippen LogP contribution < -0.4 is 5.32 Å². The SMILES string of the molecule is CC(=O)N[C@@H](CC(C)C)C(=O)N1CCC[C@@H]1P(=O)(O)C[C@@H](Cc1cc(-c2ccccc2)no1)C(=O)O. The second-order valence-electron chi connectivity index (χ2n) is 9.76. The molecule has 1 aromatic carbocycles. The minimum absolute atomic E-state index is 0.109. The maximum atomic E-state index is 13.5. The number of carbonyl (C=O) groups excluding carboxylic acids is 2. The van der Waals surface area contributed by atoms with E-state index in [0.29, 0.717) is 30.7 Å². The summed E-state index contributed by atoms with van der Waals surface area (Å²) in [5.74, 6) is -3.78. The molecule has 0 aliphatic carbocycles. The molecule has 11 heteroatoms. The van der Waals surface area contributed by atoms with E-state index in [9.17, 15) is 28.9 Å². The highest BCUT2D eigenvalue weighted by atomic mass is 31.2. The Kier molecular flexibility index (Phi) is 9.08. The molecule has 3 N–H and O–H groups in total. The van der Waals surface area contributed by atoms with Crippen molar-refractivity contribution in [2.45, 2.75) is 58.3 Å². The number of benzene rings is 1. The van der Waals surface area contributed by atoms with Gasteiger partial charge in [0, 0.05) is 37.7 Å². The van der Waals surface area contributed by atoms with E-state index in [1.165, 1.54) is 11.8 Å². The Balaban J connectivity index is 1.75. The summed E-state index contributed by atoms with van der Waals surface area (Å²) < 4.78 is 18.8. The van der Waals surface area contributed by atoms with Crippen LogP contribution in [0.3, 0.4) is 0 Å². The Bertz CT molecular complexity index is 1120. The lowest BCUT2D eigenvalue weighted by Gasteiger charge is -2.32. The van der Waals surface area contributed by atoms with E-state index in [0.717, 1.165) is 5.56 Å². The molecule has 4 atom stereocenters. The van der Waals surface area contributed by atoms with Crippen molar-refractivity contribution in [3.05, 3.63) is 42.2 Å². The minimum Gasteiger partial charge on any atom is -0.481 e. The van der Waals surface area contributed by atoms with Gasteiger partial charge in [0.1, 0.15) is 23.3 Å². The van der Waals surface area contributed by atoms with E-state index >= 15 is 0 Å². The van der Waals surface area contributed by atoms with E-state index < -0.39 is 43.1 Å². The van der Waals surface area contributed by atoms with Gasteiger partial charge in [-0.25, -0.2) is 0 Å². The van der Waals surface area contributed by atoms with Crippen LogP contribution in [0, 0.1) is 11.8 Å². The van der Waals surface area contributed by atoms with Crippen molar-refractivity contribution in [2.75, 3.05) is 12.7 Å². The first-order chi connectivity index (χ1) is 17.0. The molecular formula is C25H34N3O7P. The number of aliphatic carboxylic acids is 1. The average Bonchev–Trinajstić information content (AvgIpc) is 3.48. The van der Waals surface area contributed by atoms with Crippen LogP contribution >= 0.6 is 7.37 Å². The van der Waals surface area contributed by atoms with Gasteiger partial charge in [-0.15, -0.1) is 0 Å². The van der Waals surface area contributed by atoms with Gasteiger partial charge in [-0.2, -0.15) is 0 Å². The third kappa shape index (κ3) is 7.04. The highest BCUT2D eigenvalue weighted by Crippen LogP contribution is 2.53. The molecule has 1 aromatic heterocycles. The molecule has 2 amide bonds.